The van der Waals surface area contributed by atoms with Crippen molar-refractivity contribution in [2.24, 2.45) is 4.99 Å². The number of aromatic nitrogens is 2. The van der Waals surface area contributed by atoms with Crippen LogP contribution in [0.2, 0.25) is 0 Å². The number of hydrogen-bond acceptors (Lipinski definition) is 3. The van der Waals surface area contributed by atoms with Gasteiger partial charge in [-0.15, -0.1) is 0 Å². The lowest BCUT2D eigenvalue weighted by Crippen LogP contribution is -2.37. The quantitative estimate of drug-likeness (QED) is 0.469. The molecule has 7 heteroatoms. The summed E-state index contributed by atoms with van der Waals surface area (Å²) in [7, 11) is 3.33. The van der Waals surface area contributed by atoms with Gasteiger partial charge in [0.2, 0.25) is 5.88 Å². The summed E-state index contributed by atoms with van der Waals surface area (Å²) in [4.78, 5) is 11.5. The van der Waals surface area contributed by atoms with Crippen molar-refractivity contribution >= 4 is 16.9 Å². The third kappa shape index (κ3) is 4.30. The lowest BCUT2D eigenvalue weighted by molar-refractivity contribution is 0.397. The molecular formula is C19H22FN5O. The Morgan fingerprint density at radius 2 is 2.15 bits per heavy atom. The van der Waals surface area contributed by atoms with Crippen LogP contribution in [0.1, 0.15) is 11.1 Å². The largest absolute Gasteiger partial charge is 0.481 e. The number of fused-ring (bicyclic) bond motifs is 1. The minimum absolute atomic E-state index is 0.235. The van der Waals surface area contributed by atoms with Crippen LogP contribution in [0.25, 0.3) is 10.9 Å². The highest BCUT2D eigenvalue weighted by Crippen LogP contribution is 2.19. The normalized spacial score (nSPS) is 11.6. The number of benzene rings is 1. The van der Waals surface area contributed by atoms with Gasteiger partial charge in [-0.3, -0.25) is 4.99 Å². The highest BCUT2D eigenvalue weighted by molar-refractivity contribution is 5.83. The van der Waals surface area contributed by atoms with Crippen molar-refractivity contribution in [3.05, 3.63) is 59.7 Å². The van der Waals surface area contributed by atoms with Crippen LogP contribution in [0.5, 0.6) is 5.88 Å². The SMILES string of the molecule is CN=C(NCCc1c[nH]c2cc(F)ccc12)NCc1ccc(OC)nc1. The van der Waals surface area contributed by atoms with E-state index in [1.165, 1.54) is 12.1 Å². The van der Waals surface area contributed by atoms with Gasteiger partial charge in [0.1, 0.15) is 5.82 Å². The van der Waals surface area contributed by atoms with Gasteiger partial charge < -0.3 is 20.4 Å². The summed E-state index contributed by atoms with van der Waals surface area (Å²) in [6, 6.07) is 8.58. The van der Waals surface area contributed by atoms with Gasteiger partial charge in [0.05, 0.1) is 7.11 Å². The predicted molar refractivity (Wildman–Crippen MR) is 101 cm³/mol. The van der Waals surface area contributed by atoms with Gasteiger partial charge in [0.25, 0.3) is 0 Å². The molecule has 6 nitrogen and oxygen atoms in total. The van der Waals surface area contributed by atoms with Gasteiger partial charge in [-0.1, -0.05) is 6.07 Å². The smallest absolute Gasteiger partial charge is 0.212 e. The van der Waals surface area contributed by atoms with Crippen LogP contribution in [-0.2, 0) is 13.0 Å². The number of ether oxygens (including phenoxy) is 1. The van der Waals surface area contributed by atoms with Crippen LogP contribution < -0.4 is 15.4 Å². The summed E-state index contributed by atoms with van der Waals surface area (Å²) in [5.41, 5.74) is 2.99. The van der Waals surface area contributed by atoms with Crippen LogP contribution in [-0.4, -0.2) is 36.6 Å². The van der Waals surface area contributed by atoms with Crippen molar-refractivity contribution in [2.75, 3.05) is 20.7 Å². The molecule has 0 saturated heterocycles. The molecule has 3 rings (SSSR count). The standard InChI is InChI=1S/C19H22FN5O/c1-21-19(25-11-13-3-6-18(26-2)24-10-13)22-8-7-14-12-23-17-9-15(20)4-5-16(14)17/h3-6,9-10,12,23H,7-8,11H2,1-2H3,(H2,21,22,25). The van der Waals surface area contributed by atoms with Crippen LogP contribution in [0.3, 0.4) is 0 Å². The maximum absolute atomic E-state index is 13.2. The Balaban J connectivity index is 1.50. The molecule has 2 aromatic heterocycles. The van der Waals surface area contributed by atoms with E-state index in [0.717, 1.165) is 28.5 Å². The number of rotatable bonds is 6. The second-order valence-electron chi connectivity index (χ2n) is 5.82. The molecule has 0 aliphatic carbocycles. The first kappa shape index (κ1) is 17.7. The maximum atomic E-state index is 13.2. The molecule has 0 saturated carbocycles. The third-order valence-electron chi connectivity index (χ3n) is 4.11. The summed E-state index contributed by atoms with van der Waals surface area (Å²) < 4.78 is 18.3. The van der Waals surface area contributed by atoms with Gasteiger partial charge in [-0.05, 0) is 35.7 Å². The fourth-order valence-corrected chi connectivity index (χ4v) is 2.72. The number of nitrogens with one attached hydrogen (secondary N) is 3. The predicted octanol–water partition coefficient (Wildman–Crippen LogP) is 2.62. The zero-order chi connectivity index (χ0) is 18.4. The van der Waals surface area contributed by atoms with Crippen LogP contribution in [0, 0.1) is 5.82 Å². The molecule has 0 aliphatic rings. The fraction of sp³-hybridized carbons (Fsp3) is 0.263. The van der Waals surface area contributed by atoms with Gasteiger partial charge >= 0.3 is 0 Å². The summed E-state index contributed by atoms with van der Waals surface area (Å²) in [6.07, 6.45) is 4.49. The lowest BCUT2D eigenvalue weighted by atomic mass is 10.1. The number of halogens is 1. The van der Waals surface area contributed by atoms with Crippen LogP contribution >= 0.6 is 0 Å². The van der Waals surface area contributed by atoms with Crippen LogP contribution in [0.15, 0.2) is 47.7 Å². The Hall–Kier alpha value is -3.09. The highest BCUT2D eigenvalue weighted by atomic mass is 19.1. The van der Waals surface area contributed by atoms with E-state index in [4.69, 9.17) is 4.74 Å². The summed E-state index contributed by atoms with van der Waals surface area (Å²) in [6.45, 7) is 1.33. The number of aliphatic imine (C=N–C) groups is 1. The second-order valence-corrected chi connectivity index (χ2v) is 5.82. The van der Waals surface area contributed by atoms with Crippen molar-refractivity contribution in [1.29, 1.82) is 0 Å². The Morgan fingerprint density at radius 3 is 2.88 bits per heavy atom. The van der Waals surface area contributed by atoms with Crippen LogP contribution in [0.4, 0.5) is 4.39 Å². The third-order valence-corrected chi connectivity index (χ3v) is 4.11. The monoisotopic (exact) mass is 355 g/mol. The number of aromatic amines is 1. The van der Waals surface area contributed by atoms with Gasteiger partial charge in [-0.2, -0.15) is 0 Å². The Morgan fingerprint density at radius 1 is 1.27 bits per heavy atom. The molecule has 0 spiro atoms. The molecule has 3 N–H and O–H groups in total. The molecule has 136 valence electrons. The van der Waals surface area contributed by atoms with Crippen molar-refractivity contribution in [2.45, 2.75) is 13.0 Å². The molecule has 0 atom stereocenters. The minimum Gasteiger partial charge on any atom is -0.481 e. The molecule has 0 aliphatic heterocycles. The summed E-state index contributed by atoms with van der Waals surface area (Å²) >= 11 is 0. The molecule has 3 aromatic rings. The first-order chi connectivity index (χ1) is 12.7. The zero-order valence-corrected chi connectivity index (χ0v) is 14.8. The van der Waals surface area contributed by atoms with Crippen molar-refractivity contribution in [1.82, 2.24) is 20.6 Å². The Bertz CT molecular complexity index is 889. The van der Waals surface area contributed by atoms with Gasteiger partial charge in [0, 0.05) is 49.5 Å². The fourth-order valence-electron chi connectivity index (χ4n) is 2.72. The Labute approximate surface area is 151 Å². The first-order valence-corrected chi connectivity index (χ1v) is 8.38. The van der Waals surface area contributed by atoms with Crippen molar-refractivity contribution < 1.29 is 9.13 Å². The number of H-pyrrole nitrogens is 1. The van der Waals surface area contributed by atoms with Gasteiger partial charge in [-0.25, -0.2) is 9.37 Å². The number of methoxy groups -OCH3 is 1. The zero-order valence-electron chi connectivity index (χ0n) is 14.8. The van der Waals surface area contributed by atoms with E-state index >= 15 is 0 Å². The maximum Gasteiger partial charge on any atom is 0.212 e. The molecular weight excluding hydrogens is 333 g/mol. The molecule has 26 heavy (non-hydrogen) atoms. The second kappa shape index (κ2) is 8.33. The molecule has 0 amide bonds. The van der Waals surface area contributed by atoms with E-state index in [9.17, 15) is 4.39 Å². The highest BCUT2D eigenvalue weighted by Gasteiger charge is 2.05. The van der Waals surface area contributed by atoms with E-state index in [2.05, 4.69) is 25.6 Å². The summed E-state index contributed by atoms with van der Waals surface area (Å²) in [5.74, 6) is 1.07. The Kier molecular flexibility index (Phi) is 5.68. The number of pyridine rings is 1. The van der Waals surface area contributed by atoms with E-state index < -0.39 is 0 Å². The molecule has 0 fully saturated rings. The molecule has 0 unspecified atom stereocenters. The minimum atomic E-state index is -0.235. The first-order valence-electron chi connectivity index (χ1n) is 8.38. The average Bonchev–Trinajstić information content (AvgIpc) is 3.07. The average molecular weight is 355 g/mol. The van der Waals surface area contributed by atoms with Crippen molar-refractivity contribution in [3.8, 4) is 5.88 Å². The molecule has 0 radical (unpaired) electrons. The molecule has 1 aromatic carbocycles. The lowest BCUT2D eigenvalue weighted by Gasteiger charge is -2.12. The number of guanidine groups is 1. The summed E-state index contributed by atoms with van der Waals surface area (Å²) in [5, 5.41) is 7.57. The van der Waals surface area contributed by atoms with E-state index in [-0.39, 0.29) is 5.82 Å². The molecule has 2 heterocycles. The molecule has 0 bridgehead atoms. The van der Waals surface area contributed by atoms with Gasteiger partial charge in [0.15, 0.2) is 5.96 Å². The number of hydrogen-bond donors (Lipinski definition) is 3. The van der Waals surface area contributed by atoms with E-state index in [1.807, 2.05) is 18.3 Å². The topological polar surface area (TPSA) is 74.3 Å². The van der Waals surface area contributed by atoms with Crippen molar-refractivity contribution in [3.63, 3.8) is 0 Å². The number of nitrogens with zero attached hydrogens (tertiary/aromatic N) is 2. The van der Waals surface area contributed by atoms with E-state index in [0.29, 0.717) is 24.9 Å². The van der Waals surface area contributed by atoms with E-state index in [1.54, 1.807) is 26.4 Å².